The topological polar surface area (TPSA) is 40.5 Å². The first-order valence-corrected chi connectivity index (χ1v) is 4.85. The first-order chi connectivity index (χ1) is 5.79. The van der Waals surface area contributed by atoms with Crippen LogP contribution in [0.2, 0.25) is 0 Å². The van der Waals surface area contributed by atoms with Crippen LogP contribution in [0.3, 0.4) is 0 Å². The summed E-state index contributed by atoms with van der Waals surface area (Å²) in [5.74, 6) is 1.59. The molecule has 0 bridgehead atoms. The molecule has 1 aliphatic carbocycles. The van der Waals surface area contributed by atoms with Crippen LogP contribution in [0.4, 0.5) is 0 Å². The monoisotopic (exact) mass is 168 g/mol. The van der Waals surface area contributed by atoms with Crippen LogP contribution in [0.5, 0.6) is 0 Å². The average molecular weight is 168 g/mol. The largest absolute Gasteiger partial charge is 0.480 e. The summed E-state index contributed by atoms with van der Waals surface area (Å²) in [6.07, 6.45) is 8.44. The van der Waals surface area contributed by atoms with Crippen LogP contribution in [-0.4, -0.2) is 17.2 Å². The van der Waals surface area contributed by atoms with Gasteiger partial charge in [0.25, 0.3) is 0 Å². The molecule has 0 aromatic heterocycles. The van der Waals surface area contributed by atoms with Crippen LogP contribution in [0.1, 0.15) is 44.9 Å². The zero-order valence-corrected chi connectivity index (χ0v) is 7.50. The molecule has 0 radical (unpaired) electrons. The Kier molecular flexibility index (Phi) is 4.40. The summed E-state index contributed by atoms with van der Waals surface area (Å²) < 4.78 is 0. The minimum absolute atomic E-state index is 1.05. The lowest BCUT2D eigenvalue weighted by Crippen LogP contribution is -2.08. The second-order valence-electron chi connectivity index (χ2n) is 3.51. The highest BCUT2D eigenvalue weighted by Crippen LogP contribution is 2.21. The molecule has 0 saturated heterocycles. The second kappa shape index (κ2) is 5.38. The fourth-order valence-electron chi connectivity index (χ4n) is 1.74. The summed E-state index contributed by atoms with van der Waals surface area (Å²) in [6, 6.07) is 0. The van der Waals surface area contributed by atoms with Crippen molar-refractivity contribution >= 4 is 7.12 Å². The van der Waals surface area contributed by atoms with E-state index in [0.717, 1.165) is 12.8 Å². The van der Waals surface area contributed by atoms with E-state index in [1.165, 1.54) is 37.7 Å². The van der Waals surface area contributed by atoms with Gasteiger partial charge in [-0.1, -0.05) is 30.8 Å². The quantitative estimate of drug-likeness (QED) is 0.584. The summed E-state index contributed by atoms with van der Waals surface area (Å²) in [4.78, 5) is 0. The van der Waals surface area contributed by atoms with Gasteiger partial charge in [0.15, 0.2) is 0 Å². The van der Waals surface area contributed by atoms with Crippen LogP contribution in [0.15, 0.2) is 11.5 Å². The molecule has 0 aliphatic heterocycles. The Morgan fingerprint density at radius 2 is 1.42 bits per heavy atom. The Morgan fingerprint density at radius 3 is 1.92 bits per heavy atom. The van der Waals surface area contributed by atoms with Crippen molar-refractivity contribution in [1.82, 2.24) is 0 Å². The molecule has 2 nitrogen and oxygen atoms in total. The van der Waals surface area contributed by atoms with Gasteiger partial charge in [-0.15, -0.1) is 0 Å². The minimum Gasteiger partial charge on any atom is -0.424 e. The molecule has 1 aliphatic rings. The highest BCUT2D eigenvalue weighted by Gasteiger charge is 2.07. The van der Waals surface area contributed by atoms with Crippen LogP contribution < -0.4 is 0 Å². The molecule has 0 heterocycles. The van der Waals surface area contributed by atoms with E-state index in [1.54, 1.807) is 5.98 Å². The Morgan fingerprint density at radius 1 is 0.917 bits per heavy atom. The van der Waals surface area contributed by atoms with Gasteiger partial charge in [0, 0.05) is 0 Å². The van der Waals surface area contributed by atoms with Gasteiger partial charge >= 0.3 is 7.12 Å². The lowest BCUT2D eigenvalue weighted by Gasteiger charge is -2.11. The molecule has 0 aromatic carbocycles. The molecule has 0 amide bonds. The Labute approximate surface area is 74.4 Å². The van der Waals surface area contributed by atoms with Crippen molar-refractivity contribution in [2.24, 2.45) is 0 Å². The van der Waals surface area contributed by atoms with Crippen molar-refractivity contribution < 1.29 is 10.0 Å². The lowest BCUT2D eigenvalue weighted by molar-refractivity contribution is 0.423. The second-order valence-corrected chi connectivity index (χ2v) is 3.51. The van der Waals surface area contributed by atoms with E-state index >= 15 is 0 Å². The predicted molar refractivity (Wildman–Crippen MR) is 50.6 cm³/mol. The molecular weight excluding hydrogens is 151 g/mol. The van der Waals surface area contributed by atoms with Crippen molar-refractivity contribution in [3.63, 3.8) is 0 Å². The van der Waals surface area contributed by atoms with Crippen molar-refractivity contribution in [3.05, 3.63) is 11.5 Å². The van der Waals surface area contributed by atoms with Crippen molar-refractivity contribution in [2.75, 3.05) is 0 Å². The Balaban J connectivity index is 2.39. The van der Waals surface area contributed by atoms with Gasteiger partial charge in [-0.25, -0.2) is 0 Å². The van der Waals surface area contributed by atoms with Crippen LogP contribution in [-0.2, 0) is 0 Å². The molecule has 0 unspecified atom stereocenters. The van der Waals surface area contributed by atoms with Gasteiger partial charge in [0.05, 0.1) is 0 Å². The molecule has 0 atom stereocenters. The summed E-state index contributed by atoms with van der Waals surface area (Å²) >= 11 is 0. The number of allylic oxidation sites excluding steroid dienone is 1. The molecule has 3 heteroatoms. The summed E-state index contributed by atoms with van der Waals surface area (Å²) in [5.41, 5.74) is 1.23. The maximum absolute atomic E-state index is 8.75. The van der Waals surface area contributed by atoms with E-state index in [-0.39, 0.29) is 0 Å². The van der Waals surface area contributed by atoms with E-state index < -0.39 is 7.12 Å². The van der Waals surface area contributed by atoms with E-state index in [4.69, 9.17) is 10.0 Å². The first kappa shape index (κ1) is 9.81. The fraction of sp³-hybridized carbons (Fsp3) is 0.778. The first-order valence-electron chi connectivity index (χ1n) is 4.85. The number of hydrogen-bond acceptors (Lipinski definition) is 2. The van der Waals surface area contributed by atoms with Crippen LogP contribution in [0.25, 0.3) is 0 Å². The molecule has 1 fully saturated rings. The van der Waals surface area contributed by atoms with Gasteiger partial charge in [0.2, 0.25) is 0 Å². The summed E-state index contributed by atoms with van der Waals surface area (Å²) in [6.45, 7) is 0. The van der Waals surface area contributed by atoms with E-state index in [9.17, 15) is 0 Å². The Bertz CT molecular complexity index is 145. The summed E-state index contributed by atoms with van der Waals surface area (Å²) in [7, 11) is -1.25. The molecule has 0 aromatic rings. The van der Waals surface area contributed by atoms with Gasteiger partial charge in [-0.3, -0.25) is 0 Å². The molecule has 1 rings (SSSR count). The van der Waals surface area contributed by atoms with E-state index in [2.05, 4.69) is 0 Å². The van der Waals surface area contributed by atoms with Gasteiger partial charge < -0.3 is 10.0 Å². The van der Waals surface area contributed by atoms with E-state index in [0.29, 0.717) is 0 Å². The van der Waals surface area contributed by atoms with Crippen molar-refractivity contribution in [1.29, 1.82) is 0 Å². The smallest absolute Gasteiger partial charge is 0.424 e. The maximum atomic E-state index is 8.75. The van der Waals surface area contributed by atoms with Crippen molar-refractivity contribution in [3.8, 4) is 0 Å². The molecule has 12 heavy (non-hydrogen) atoms. The normalized spacial score (nSPS) is 19.7. The maximum Gasteiger partial charge on any atom is 0.480 e. The van der Waals surface area contributed by atoms with Gasteiger partial charge in [-0.2, -0.15) is 0 Å². The van der Waals surface area contributed by atoms with Gasteiger partial charge in [-0.05, 0) is 25.7 Å². The predicted octanol–water partition coefficient (Wildman–Crippen LogP) is 1.67. The minimum atomic E-state index is -1.25. The number of hydrogen-bond donors (Lipinski definition) is 2. The Hall–Kier alpha value is -0.275. The zero-order chi connectivity index (χ0) is 8.81. The fourth-order valence-corrected chi connectivity index (χ4v) is 1.74. The van der Waals surface area contributed by atoms with E-state index in [1.807, 2.05) is 0 Å². The van der Waals surface area contributed by atoms with Crippen LogP contribution in [0, 0.1) is 0 Å². The molecule has 1 saturated carbocycles. The molecular formula is C9H17BO2. The highest BCUT2D eigenvalue weighted by molar-refractivity contribution is 6.47. The number of rotatable bonds is 1. The third-order valence-corrected chi connectivity index (χ3v) is 2.38. The summed E-state index contributed by atoms with van der Waals surface area (Å²) in [5, 5.41) is 17.5. The van der Waals surface area contributed by atoms with Gasteiger partial charge in [0.1, 0.15) is 0 Å². The lowest BCUT2D eigenvalue weighted by atomic mass is 9.84. The zero-order valence-electron chi connectivity index (χ0n) is 7.50. The average Bonchev–Trinajstić information content (AvgIpc) is 1.93. The standard InChI is InChI=1S/C9H17BO2/c11-10(12)8-9-6-4-2-1-3-5-7-9/h8,11-12H,1-7H2. The third-order valence-electron chi connectivity index (χ3n) is 2.38. The molecule has 0 spiro atoms. The third kappa shape index (κ3) is 3.93. The molecule has 2 N–H and O–H groups in total. The van der Waals surface area contributed by atoms with Crippen molar-refractivity contribution in [2.45, 2.75) is 44.9 Å². The molecule has 68 valence electrons. The SMILES string of the molecule is OB(O)C=C1CCCCCCC1. The highest BCUT2D eigenvalue weighted by atomic mass is 16.4. The van der Waals surface area contributed by atoms with Crippen LogP contribution >= 0.6 is 0 Å².